The summed E-state index contributed by atoms with van der Waals surface area (Å²) in [5.41, 5.74) is 6.39. The summed E-state index contributed by atoms with van der Waals surface area (Å²) in [5.74, 6) is 0.732. The minimum atomic E-state index is 0.316. The first kappa shape index (κ1) is 13.2. The Bertz CT molecular complexity index is 940. The minimum Gasteiger partial charge on any atom is -0.346 e. The van der Waals surface area contributed by atoms with Crippen molar-refractivity contribution in [2.24, 2.45) is 0 Å². The number of aromatic nitrogens is 4. The number of aromatic amines is 1. The van der Waals surface area contributed by atoms with Crippen LogP contribution in [0.25, 0.3) is 22.3 Å². The predicted octanol–water partition coefficient (Wildman–Crippen LogP) is 2.94. The van der Waals surface area contributed by atoms with Crippen LogP contribution in [0.15, 0.2) is 24.5 Å². The third-order valence-electron chi connectivity index (χ3n) is 6.25. The second-order valence-corrected chi connectivity index (χ2v) is 7.73. The van der Waals surface area contributed by atoms with Crippen LogP contribution in [-0.4, -0.2) is 32.8 Å². The monoisotopic (exact) mass is 319 g/mol. The number of nitrogens with one attached hydrogen (secondary N) is 2. The molecule has 1 saturated carbocycles. The smallest absolute Gasteiger partial charge is 0.137 e. The molecule has 1 saturated heterocycles. The number of fused-ring (bicyclic) bond motifs is 3. The average molecular weight is 319 g/mol. The number of nitrogens with zero attached hydrogens (tertiary/aromatic N) is 3. The van der Waals surface area contributed by atoms with Crippen molar-refractivity contribution in [1.82, 2.24) is 25.1 Å². The van der Waals surface area contributed by atoms with Gasteiger partial charge in [0.25, 0.3) is 0 Å². The van der Waals surface area contributed by atoms with Crippen molar-refractivity contribution < 1.29 is 0 Å². The molecule has 122 valence electrons. The van der Waals surface area contributed by atoms with Crippen LogP contribution in [0.2, 0.25) is 0 Å². The van der Waals surface area contributed by atoms with Crippen LogP contribution in [0.4, 0.5) is 0 Å². The van der Waals surface area contributed by atoms with Gasteiger partial charge in [0.1, 0.15) is 5.65 Å². The van der Waals surface area contributed by atoms with Crippen LogP contribution < -0.4 is 5.32 Å². The molecule has 0 amide bonds. The molecule has 2 N–H and O–H groups in total. The second kappa shape index (κ2) is 4.48. The van der Waals surface area contributed by atoms with Gasteiger partial charge in [-0.05, 0) is 55.8 Å². The number of hydrogen-bond acceptors (Lipinski definition) is 3. The summed E-state index contributed by atoms with van der Waals surface area (Å²) in [6.45, 7) is 3.27. The van der Waals surface area contributed by atoms with E-state index in [0.29, 0.717) is 5.41 Å². The van der Waals surface area contributed by atoms with Gasteiger partial charge in [0.2, 0.25) is 0 Å². The Hall–Kier alpha value is -2.14. The lowest BCUT2D eigenvalue weighted by molar-refractivity contribution is 0.467. The molecule has 1 spiro atoms. The Balaban J connectivity index is 1.46. The summed E-state index contributed by atoms with van der Waals surface area (Å²) >= 11 is 0. The minimum absolute atomic E-state index is 0.316. The molecule has 3 aliphatic rings. The highest BCUT2D eigenvalue weighted by Gasteiger charge is 2.42. The van der Waals surface area contributed by atoms with Gasteiger partial charge in [-0.3, -0.25) is 4.68 Å². The zero-order chi connectivity index (χ0) is 15.7. The zero-order valence-corrected chi connectivity index (χ0v) is 13.7. The van der Waals surface area contributed by atoms with Crippen molar-refractivity contribution in [2.45, 2.75) is 43.6 Å². The average Bonchev–Trinajstić information content (AvgIpc) is 3.00. The first-order valence-electron chi connectivity index (χ1n) is 9.09. The molecule has 0 bridgehead atoms. The van der Waals surface area contributed by atoms with Crippen LogP contribution in [-0.2, 0) is 12.0 Å². The number of hydrogen-bond donors (Lipinski definition) is 2. The number of aryl methyl sites for hydroxylation is 1. The number of rotatable bonds is 2. The van der Waals surface area contributed by atoms with Gasteiger partial charge in [0.15, 0.2) is 0 Å². The third-order valence-corrected chi connectivity index (χ3v) is 6.25. The van der Waals surface area contributed by atoms with E-state index in [2.05, 4.69) is 38.3 Å². The molecule has 2 aliphatic heterocycles. The Labute approximate surface area is 140 Å². The predicted molar refractivity (Wildman–Crippen MR) is 93.1 cm³/mol. The van der Waals surface area contributed by atoms with E-state index in [-0.39, 0.29) is 0 Å². The largest absolute Gasteiger partial charge is 0.346 e. The van der Waals surface area contributed by atoms with Gasteiger partial charge >= 0.3 is 0 Å². The molecular formula is C19H21N5. The highest BCUT2D eigenvalue weighted by Crippen LogP contribution is 2.44. The van der Waals surface area contributed by atoms with Crippen LogP contribution in [0.1, 0.15) is 42.9 Å². The van der Waals surface area contributed by atoms with Gasteiger partial charge < -0.3 is 10.3 Å². The topological polar surface area (TPSA) is 58.5 Å². The van der Waals surface area contributed by atoms with Crippen LogP contribution in [0, 0.1) is 0 Å². The molecule has 0 aromatic carbocycles. The van der Waals surface area contributed by atoms with Gasteiger partial charge in [-0.2, -0.15) is 5.10 Å². The lowest BCUT2D eigenvalue weighted by atomic mass is 9.82. The zero-order valence-electron chi connectivity index (χ0n) is 13.7. The van der Waals surface area contributed by atoms with E-state index in [4.69, 9.17) is 5.10 Å². The molecule has 0 radical (unpaired) electrons. The van der Waals surface area contributed by atoms with Gasteiger partial charge in [0.05, 0.1) is 5.69 Å². The van der Waals surface area contributed by atoms with Crippen LogP contribution in [0.5, 0.6) is 0 Å². The van der Waals surface area contributed by atoms with Crippen molar-refractivity contribution in [3.8, 4) is 11.3 Å². The Morgan fingerprint density at radius 1 is 1.21 bits per heavy atom. The molecule has 3 aromatic heterocycles. The van der Waals surface area contributed by atoms with Crippen LogP contribution in [0.3, 0.4) is 0 Å². The summed E-state index contributed by atoms with van der Waals surface area (Å²) in [6, 6.07) is 4.59. The van der Waals surface area contributed by atoms with E-state index in [1.54, 1.807) is 0 Å². The fourth-order valence-electron chi connectivity index (χ4n) is 4.67. The first-order chi connectivity index (χ1) is 11.8. The maximum atomic E-state index is 4.90. The van der Waals surface area contributed by atoms with Crippen LogP contribution >= 0.6 is 0 Å². The number of H-pyrrole nitrogens is 1. The summed E-state index contributed by atoms with van der Waals surface area (Å²) in [7, 11) is 0. The van der Waals surface area contributed by atoms with Crippen molar-refractivity contribution >= 4 is 11.0 Å². The Kier molecular flexibility index (Phi) is 2.46. The van der Waals surface area contributed by atoms with E-state index in [9.17, 15) is 0 Å². The molecule has 24 heavy (non-hydrogen) atoms. The van der Waals surface area contributed by atoms with E-state index in [1.165, 1.54) is 42.3 Å². The normalized spacial score (nSPS) is 25.8. The van der Waals surface area contributed by atoms with E-state index >= 15 is 0 Å². The first-order valence-corrected chi connectivity index (χ1v) is 9.09. The summed E-state index contributed by atoms with van der Waals surface area (Å²) < 4.78 is 2.23. The molecule has 5 heteroatoms. The summed E-state index contributed by atoms with van der Waals surface area (Å²) in [4.78, 5) is 7.96. The second-order valence-electron chi connectivity index (χ2n) is 7.73. The van der Waals surface area contributed by atoms with Crippen molar-refractivity contribution in [2.75, 3.05) is 13.1 Å². The number of pyridine rings is 1. The fraction of sp³-hybridized carbons (Fsp3) is 0.474. The Morgan fingerprint density at radius 2 is 2.17 bits per heavy atom. The lowest BCUT2D eigenvalue weighted by Gasteiger charge is -2.20. The molecule has 6 rings (SSSR count). The van der Waals surface area contributed by atoms with Crippen molar-refractivity contribution in [3.63, 3.8) is 0 Å². The highest BCUT2D eigenvalue weighted by molar-refractivity contribution is 5.85. The van der Waals surface area contributed by atoms with Gasteiger partial charge in [0, 0.05) is 47.5 Å². The summed E-state index contributed by atoms with van der Waals surface area (Å²) in [5, 5.41) is 9.71. The van der Waals surface area contributed by atoms with E-state index in [0.717, 1.165) is 42.5 Å². The quantitative estimate of drug-likeness (QED) is 0.763. The molecule has 3 aromatic rings. The lowest BCUT2D eigenvalue weighted by Crippen LogP contribution is -2.25. The van der Waals surface area contributed by atoms with Crippen molar-refractivity contribution in [3.05, 3.63) is 35.8 Å². The molecule has 5 nitrogen and oxygen atoms in total. The molecule has 2 fully saturated rings. The fourth-order valence-corrected chi connectivity index (χ4v) is 4.67. The molecule has 1 aliphatic carbocycles. The van der Waals surface area contributed by atoms with Crippen molar-refractivity contribution in [1.29, 1.82) is 0 Å². The van der Waals surface area contributed by atoms with Gasteiger partial charge in [-0.15, -0.1) is 0 Å². The Morgan fingerprint density at radius 3 is 3.00 bits per heavy atom. The molecule has 1 atom stereocenters. The summed E-state index contributed by atoms with van der Waals surface area (Å²) in [6.07, 6.45) is 9.19. The van der Waals surface area contributed by atoms with E-state index < -0.39 is 0 Å². The van der Waals surface area contributed by atoms with Gasteiger partial charge in [-0.25, -0.2) is 4.98 Å². The molecular weight excluding hydrogens is 298 g/mol. The maximum Gasteiger partial charge on any atom is 0.137 e. The van der Waals surface area contributed by atoms with E-state index in [1.807, 2.05) is 6.20 Å². The van der Waals surface area contributed by atoms with Gasteiger partial charge in [-0.1, -0.05) is 0 Å². The third kappa shape index (κ3) is 1.73. The standard InChI is InChI=1S/C19H21N5/c1-2-12(1)15-10-22-18-14(15)7-13(9-21-18)16-8-17-19(3-5-20-11-19)4-6-24(17)23-16/h7-10,12,20H,1-6,11H2,(H,21,22). The molecule has 1 unspecified atom stereocenters. The SMILES string of the molecule is c1nc2[nH]cc(C3CC3)c2cc1-c1cc2n(n1)CCC21CCNC1. The maximum absolute atomic E-state index is 4.90. The highest BCUT2D eigenvalue weighted by atomic mass is 15.3. The molecule has 5 heterocycles.